The minimum absolute atomic E-state index is 0.0174. The molecule has 0 N–H and O–H groups in total. The van der Waals surface area contributed by atoms with Gasteiger partial charge in [-0.15, -0.1) is 0 Å². The summed E-state index contributed by atoms with van der Waals surface area (Å²) in [6.07, 6.45) is 16.0. The number of ketones is 2. The first-order valence-electron chi connectivity index (χ1n) is 12.2. The van der Waals surface area contributed by atoms with Crippen LogP contribution in [-0.2, 0) is 9.59 Å². The molecule has 0 saturated carbocycles. The minimum atomic E-state index is -0.0174. The molecule has 2 heteroatoms. The van der Waals surface area contributed by atoms with Gasteiger partial charge >= 0.3 is 0 Å². The zero-order chi connectivity index (χ0) is 22.7. The summed E-state index contributed by atoms with van der Waals surface area (Å²) in [5, 5.41) is 0. The van der Waals surface area contributed by atoms with E-state index in [-0.39, 0.29) is 11.6 Å². The number of carbonyl (C=O) groups excluding carboxylic acids is 2. The van der Waals surface area contributed by atoms with Gasteiger partial charge in [-0.2, -0.15) is 0 Å². The average Bonchev–Trinajstić information content (AvgIpc) is 2.67. The van der Waals surface area contributed by atoms with Gasteiger partial charge in [0.2, 0.25) is 0 Å². The molecule has 1 aliphatic rings. The highest BCUT2D eigenvalue weighted by molar-refractivity contribution is 6.22. The van der Waals surface area contributed by atoms with Crippen LogP contribution in [0.15, 0.2) is 34.4 Å². The maximum absolute atomic E-state index is 12.3. The summed E-state index contributed by atoms with van der Waals surface area (Å²) >= 11 is 0. The quantitative estimate of drug-likeness (QED) is 0.212. The summed E-state index contributed by atoms with van der Waals surface area (Å²) in [6.45, 7) is 15.1. The van der Waals surface area contributed by atoms with Crippen molar-refractivity contribution in [2.75, 3.05) is 0 Å². The van der Waals surface area contributed by atoms with Crippen molar-refractivity contribution in [1.29, 1.82) is 0 Å². The summed E-state index contributed by atoms with van der Waals surface area (Å²) in [7, 11) is 0. The van der Waals surface area contributed by atoms with Gasteiger partial charge in [0.1, 0.15) is 0 Å². The van der Waals surface area contributed by atoms with Gasteiger partial charge in [0, 0.05) is 16.7 Å². The molecule has 0 fully saturated rings. The Hall–Kier alpha value is -1.44. The molecule has 0 aromatic rings. The second-order valence-corrected chi connectivity index (χ2v) is 10.2. The molecule has 0 spiro atoms. The largest absolute Gasteiger partial charge is 0.290 e. The second-order valence-electron chi connectivity index (χ2n) is 10.2. The lowest BCUT2D eigenvalue weighted by Crippen LogP contribution is -2.16. The van der Waals surface area contributed by atoms with Crippen LogP contribution in [0.3, 0.4) is 0 Å². The molecule has 1 aliphatic carbocycles. The van der Waals surface area contributed by atoms with Crippen molar-refractivity contribution in [2.45, 2.75) is 113 Å². The maximum Gasteiger partial charge on any atom is 0.185 e. The predicted octanol–water partition coefficient (Wildman–Crippen LogP) is 8.18. The van der Waals surface area contributed by atoms with Crippen molar-refractivity contribution in [2.24, 2.45) is 17.8 Å². The van der Waals surface area contributed by atoms with Crippen LogP contribution in [0.2, 0.25) is 0 Å². The van der Waals surface area contributed by atoms with E-state index < -0.39 is 0 Å². The molecular formula is C28H46O2. The minimum Gasteiger partial charge on any atom is -0.290 e. The Labute approximate surface area is 186 Å². The van der Waals surface area contributed by atoms with Crippen molar-refractivity contribution >= 4 is 11.6 Å². The molecule has 0 radical (unpaired) electrons. The standard InChI is InChI=1S/C28H46O2/c1-20(2)11-8-12-21(3)13-9-14-22(4)15-10-16-23(5)17-18-26-19-27(29)24(6)25(7)28(26)30/h17,19-22H,8-16,18H2,1-7H3/b23-17+/t21-,22-/m1/s1. The van der Waals surface area contributed by atoms with Crippen LogP contribution in [0.1, 0.15) is 113 Å². The highest BCUT2D eigenvalue weighted by atomic mass is 16.1. The van der Waals surface area contributed by atoms with Crippen molar-refractivity contribution in [1.82, 2.24) is 0 Å². The third kappa shape index (κ3) is 10.0. The molecule has 30 heavy (non-hydrogen) atoms. The van der Waals surface area contributed by atoms with Gasteiger partial charge in [-0.25, -0.2) is 0 Å². The van der Waals surface area contributed by atoms with Gasteiger partial charge < -0.3 is 0 Å². The van der Waals surface area contributed by atoms with Crippen molar-refractivity contribution in [3.8, 4) is 0 Å². The van der Waals surface area contributed by atoms with Crippen molar-refractivity contribution < 1.29 is 9.59 Å². The lowest BCUT2D eigenvalue weighted by atomic mass is 9.89. The molecule has 0 aromatic heterocycles. The van der Waals surface area contributed by atoms with E-state index in [1.807, 2.05) is 0 Å². The van der Waals surface area contributed by atoms with Crippen LogP contribution in [0, 0.1) is 17.8 Å². The van der Waals surface area contributed by atoms with E-state index in [0.29, 0.717) is 23.1 Å². The predicted molar refractivity (Wildman–Crippen MR) is 130 cm³/mol. The number of rotatable bonds is 14. The fourth-order valence-electron chi connectivity index (χ4n) is 4.17. The van der Waals surface area contributed by atoms with Crippen LogP contribution < -0.4 is 0 Å². The van der Waals surface area contributed by atoms with Crippen LogP contribution >= 0.6 is 0 Å². The number of hydrogen-bond acceptors (Lipinski definition) is 2. The Kier molecular flexibility index (Phi) is 12.2. The maximum atomic E-state index is 12.3. The van der Waals surface area contributed by atoms with Gasteiger partial charge in [-0.3, -0.25) is 9.59 Å². The molecule has 0 amide bonds. The number of carbonyl (C=O) groups is 2. The van der Waals surface area contributed by atoms with E-state index in [0.717, 1.165) is 24.2 Å². The van der Waals surface area contributed by atoms with Gasteiger partial charge in [0.15, 0.2) is 11.6 Å². The van der Waals surface area contributed by atoms with E-state index in [9.17, 15) is 9.59 Å². The lowest BCUT2D eigenvalue weighted by molar-refractivity contribution is -0.115. The molecule has 0 bridgehead atoms. The number of Topliss-reactive ketones (excluding diaryl/α,β-unsaturated/α-hetero) is 1. The molecular weight excluding hydrogens is 368 g/mol. The fraction of sp³-hybridized carbons (Fsp3) is 0.714. The molecule has 2 atom stereocenters. The summed E-state index contributed by atoms with van der Waals surface area (Å²) in [5.41, 5.74) is 3.15. The normalized spacial score (nSPS) is 17.6. The summed E-state index contributed by atoms with van der Waals surface area (Å²) in [6, 6.07) is 0. The Bertz CT molecular complexity index is 660. The van der Waals surface area contributed by atoms with Gasteiger partial charge in [-0.1, -0.05) is 84.3 Å². The van der Waals surface area contributed by atoms with Gasteiger partial charge in [-0.05, 0) is 63.9 Å². The highest BCUT2D eigenvalue weighted by Gasteiger charge is 2.22. The summed E-state index contributed by atoms with van der Waals surface area (Å²) in [5.74, 6) is 2.51. The topological polar surface area (TPSA) is 34.1 Å². The van der Waals surface area contributed by atoms with E-state index in [4.69, 9.17) is 0 Å². The molecule has 0 saturated heterocycles. The smallest absolute Gasteiger partial charge is 0.185 e. The first-order valence-corrected chi connectivity index (χ1v) is 12.2. The lowest BCUT2D eigenvalue weighted by Gasteiger charge is -2.15. The Morgan fingerprint density at radius 2 is 1.37 bits per heavy atom. The molecule has 170 valence electrons. The molecule has 0 unspecified atom stereocenters. The summed E-state index contributed by atoms with van der Waals surface area (Å²) in [4.78, 5) is 24.3. The monoisotopic (exact) mass is 414 g/mol. The van der Waals surface area contributed by atoms with E-state index >= 15 is 0 Å². The van der Waals surface area contributed by atoms with Crippen LogP contribution in [0.5, 0.6) is 0 Å². The molecule has 2 nitrogen and oxygen atoms in total. The van der Waals surface area contributed by atoms with E-state index in [1.165, 1.54) is 63.0 Å². The van der Waals surface area contributed by atoms with Gasteiger partial charge in [0.25, 0.3) is 0 Å². The van der Waals surface area contributed by atoms with E-state index in [1.54, 1.807) is 13.8 Å². The molecule has 1 rings (SSSR count). The molecule has 0 heterocycles. The average molecular weight is 415 g/mol. The van der Waals surface area contributed by atoms with Crippen molar-refractivity contribution in [3.05, 3.63) is 34.4 Å². The number of hydrogen-bond donors (Lipinski definition) is 0. The van der Waals surface area contributed by atoms with Crippen LogP contribution in [-0.4, -0.2) is 11.6 Å². The zero-order valence-corrected chi connectivity index (χ0v) is 20.8. The first-order chi connectivity index (χ1) is 14.1. The van der Waals surface area contributed by atoms with Crippen LogP contribution in [0.4, 0.5) is 0 Å². The molecule has 0 aliphatic heterocycles. The SMILES string of the molecule is CC1=C(C)C(=O)C(C/C=C(\C)CCC[C@H](C)CCC[C@H](C)CCCC(C)C)=CC1=O. The van der Waals surface area contributed by atoms with Gasteiger partial charge in [0.05, 0.1) is 0 Å². The third-order valence-corrected chi connectivity index (χ3v) is 6.68. The fourth-order valence-corrected chi connectivity index (χ4v) is 4.17. The number of allylic oxidation sites excluding steroid dienone is 6. The van der Waals surface area contributed by atoms with Crippen molar-refractivity contribution in [3.63, 3.8) is 0 Å². The Morgan fingerprint density at radius 3 is 1.93 bits per heavy atom. The third-order valence-electron chi connectivity index (χ3n) is 6.68. The zero-order valence-electron chi connectivity index (χ0n) is 20.8. The Morgan fingerprint density at radius 1 is 0.833 bits per heavy atom. The first kappa shape index (κ1) is 26.6. The van der Waals surface area contributed by atoms with E-state index in [2.05, 4.69) is 40.7 Å². The second kappa shape index (κ2) is 13.8. The Balaban J connectivity index is 2.23. The highest BCUT2D eigenvalue weighted by Crippen LogP contribution is 2.24. The summed E-state index contributed by atoms with van der Waals surface area (Å²) < 4.78 is 0. The molecule has 0 aromatic carbocycles. The van der Waals surface area contributed by atoms with Crippen LogP contribution in [0.25, 0.3) is 0 Å².